The SMILES string of the molecule is CCCCCCCC(O)C1=CCCCCCC1. The minimum absolute atomic E-state index is 0.144. The first-order valence-electron chi connectivity index (χ1n) is 7.71. The van der Waals surface area contributed by atoms with Gasteiger partial charge in [0, 0.05) is 0 Å². The van der Waals surface area contributed by atoms with E-state index in [0.717, 1.165) is 12.8 Å². The largest absolute Gasteiger partial charge is 0.389 e. The highest BCUT2D eigenvalue weighted by Gasteiger charge is 2.11. The van der Waals surface area contributed by atoms with Crippen molar-refractivity contribution >= 4 is 0 Å². The molecule has 0 aromatic rings. The molecular weight excluding hydrogens is 208 g/mol. The first-order valence-corrected chi connectivity index (χ1v) is 7.71. The zero-order valence-electron chi connectivity index (χ0n) is 11.6. The van der Waals surface area contributed by atoms with Gasteiger partial charge in [-0.2, -0.15) is 0 Å². The van der Waals surface area contributed by atoms with E-state index in [2.05, 4.69) is 13.0 Å². The Morgan fingerprint density at radius 1 is 1.06 bits per heavy atom. The van der Waals surface area contributed by atoms with Crippen LogP contribution in [0.15, 0.2) is 11.6 Å². The lowest BCUT2D eigenvalue weighted by molar-refractivity contribution is 0.190. The summed E-state index contributed by atoms with van der Waals surface area (Å²) < 4.78 is 0. The molecule has 0 fully saturated rings. The van der Waals surface area contributed by atoms with E-state index < -0.39 is 0 Å². The average molecular weight is 238 g/mol. The zero-order chi connectivity index (χ0) is 12.3. The second-order valence-electron chi connectivity index (χ2n) is 5.45. The van der Waals surface area contributed by atoms with E-state index in [1.807, 2.05) is 0 Å². The molecule has 1 unspecified atom stereocenters. The Morgan fingerprint density at radius 3 is 2.65 bits per heavy atom. The van der Waals surface area contributed by atoms with E-state index in [4.69, 9.17) is 0 Å². The summed E-state index contributed by atoms with van der Waals surface area (Å²) in [5, 5.41) is 10.2. The van der Waals surface area contributed by atoms with Crippen LogP contribution in [0.4, 0.5) is 0 Å². The van der Waals surface area contributed by atoms with Crippen molar-refractivity contribution in [1.29, 1.82) is 0 Å². The summed E-state index contributed by atoms with van der Waals surface area (Å²) in [7, 11) is 0. The Hall–Kier alpha value is -0.300. The molecule has 0 bridgehead atoms. The highest BCUT2D eigenvalue weighted by Crippen LogP contribution is 2.22. The van der Waals surface area contributed by atoms with E-state index in [-0.39, 0.29) is 6.10 Å². The molecule has 0 spiro atoms. The summed E-state index contributed by atoms with van der Waals surface area (Å²) in [5.74, 6) is 0. The van der Waals surface area contributed by atoms with Crippen molar-refractivity contribution in [3.8, 4) is 0 Å². The van der Waals surface area contributed by atoms with E-state index >= 15 is 0 Å². The van der Waals surface area contributed by atoms with Crippen LogP contribution < -0.4 is 0 Å². The number of allylic oxidation sites excluding steroid dienone is 1. The molecule has 1 aliphatic carbocycles. The maximum Gasteiger partial charge on any atom is 0.0750 e. The summed E-state index contributed by atoms with van der Waals surface area (Å²) >= 11 is 0. The van der Waals surface area contributed by atoms with E-state index in [1.54, 1.807) is 0 Å². The van der Waals surface area contributed by atoms with Gasteiger partial charge >= 0.3 is 0 Å². The van der Waals surface area contributed by atoms with Gasteiger partial charge in [0.25, 0.3) is 0 Å². The molecule has 1 heteroatoms. The monoisotopic (exact) mass is 238 g/mol. The third-order valence-corrected chi connectivity index (χ3v) is 3.84. The van der Waals surface area contributed by atoms with Crippen molar-refractivity contribution in [2.45, 2.75) is 90.1 Å². The molecule has 0 amide bonds. The van der Waals surface area contributed by atoms with Crippen molar-refractivity contribution in [3.63, 3.8) is 0 Å². The van der Waals surface area contributed by atoms with Gasteiger partial charge in [-0.05, 0) is 37.7 Å². The number of hydrogen-bond acceptors (Lipinski definition) is 1. The van der Waals surface area contributed by atoms with Crippen LogP contribution in [0.5, 0.6) is 0 Å². The van der Waals surface area contributed by atoms with Crippen molar-refractivity contribution in [2.24, 2.45) is 0 Å². The fourth-order valence-corrected chi connectivity index (χ4v) is 2.65. The third-order valence-electron chi connectivity index (χ3n) is 3.84. The fraction of sp³-hybridized carbons (Fsp3) is 0.875. The predicted octanol–water partition coefficient (Wildman–Crippen LogP) is 4.99. The predicted molar refractivity (Wildman–Crippen MR) is 75.2 cm³/mol. The van der Waals surface area contributed by atoms with Crippen LogP contribution in [0.25, 0.3) is 0 Å². The summed E-state index contributed by atoms with van der Waals surface area (Å²) in [4.78, 5) is 0. The van der Waals surface area contributed by atoms with Gasteiger partial charge in [0.05, 0.1) is 6.10 Å². The van der Waals surface area contributed by atoms with Gasteiger partial charge in [-0.3, -0.25) is 0 Å². The van der Waals surface area contributed by atoms with Crippen molar-refractivity contribution < 1.29 is 5.11 Å². The lowest BCUT2D eigenvalue weighted by Crippen LogP contribution is -2.11. The molecule has 0 aliphatic heterocycles. The first-order chi connectivity index (χ1) is 8.34. The summed E-state index contributed by atoms with van der Waals surface area (Å²) in [6, 6.07) is 0. The van der Waals surface area contributed by atoms with Gasteiger partial charge < -0.3 is 5.11 Å². The molecule has 1 aliphatic rings. The van der Waals surface area contributed by atoms with Gasteiger partial charge in [0.15, 0.2) is 0 Å². The minimum Gasteiger partial charge on any atom is -0.389 e. The summed E-state index contributed by atoms with van der Waals surface area (Å²) in [5.41, 5.74) is 1.33. The molecule has 1 rings (SSSR count). The maximum atomic E-state index is 10.2. The Bertz CT molecular complexity index is 208. The third kappa shape index (κ3) is 6.88. The van der Waals surface area contributed by atoms with Gasteiger partial charge in [-0.1, -0.05) is 57.9 Å². The smallest absolute Gasteiger partial charge is 0.0750 e. The van der Waals surface area contributed by atoms with Crippen molar-refractivity contribution in [3.05, 3.63) is 11.6 Å². The van der Waals surface area contributed by atoms with Crippen LogP contribution >= 0.6 is 0 Å². The highest BCUT2D eigenvalue weighted by atomic mass is 16.3. The van der Waals surface area contributed by atoms with Crippen LogP contribution in [0.1, 0.15) is 84.0 Å². The van der Waals surface area contributed by atoms with Gasteiger partial charge in [0.1, 0.15) is 0 Å². The highest BCUT2D eigenvalue weighted by molar-refractivity contribution is 5.08. The van der Waals surface area contributed by atoms with Crippen LogP contribution in [-0.2, 0) is 0 Å². The van der Waals surface area contributed by atoms with E-state index in [9.17, 15) is 5.11 Å². The normalized spacial score (nSPS) is 19.3. The molecule has 1 N–H and O–H groups in total. The lowest BCUT2D eigenvalue weighted by Gasteiger charge is -2.17. The second kappa shape index (κ2) is 9.70. The molecule has 0 heterocycles. The minimum atomic E-state index is -0.144. The molecule has 1 atom stereocenters. The molecule has 100 valence electrons. The Labute approximate surface area is 107 Å². The Kier molecular flexibility index (Phi) is 8.42. The first kappa shape index (κ1) is 14.8. The lowest BCUT2D eigenvalue weighted by atomic mass is 9.94. The number of rotatable bonds is 7. The van der Waals surface area contributed by atoms with Crippen LogP contribution in [-0.4, -0.2) is 11.2 Å². The van der Waals surface area contributed by atoms with Gasteiger partial charge in [0.2, 0.25) is 0 Å². The Balaban J connectivity index is 2.18. The molecule has 0 saturated carbocycles. The molecule has 1 nitrogen and oxygen atoms in total. The van der Waals surface area contributed by atoms with Gasteiger partial charge in [-0.25, -0.2) is 0 Å². The van der Waals surface area contributed by atoms with Crippen LogP contribution in [0.3, 0.4) is 0 Å². The average Bonchev–Trinajstić information content (AvgIpc) is 2.28. The standard InChI is InChI=1S/C16H30O/c1-2-3-4-6-11-14-16(17)15-12-9-7-5-8-10-13-15/h12,16-17H,2-11,13-14H2,1H3. The van der Waals surface area contributed by atoms with Crippen molar-refractivity contribution in [1.82, 2.24) is 0 Å². The van der Waals surface area contributed by atoms with Crippen molar-refractivity contribution in [2.75, 3.05) is 0 Å². The molecule has 0 aromatic carbocycles. The maximum absolute atomic E-state index is 10.2. The van der Waals surface area contributed by atoms with E-state index in [1.165, 1.54) is 69.8 Å². The van der Waals surface area contributed by atoms with Crippen LogP contribution in [0.2, 0.25) is 0 Å². The molecular formula is C16H30O. The fourth-order valence-electron chi connectivity index (χ4n) is 2.65. The number of aliphatic hydroxyl groups is 1. The summed E-state index contributed by atoms with van der Waals surface area (Å²) in [6.07, 6.45) is 17.2. The molecule has 0 aromatic heterocycles. The topological polar surface area (TPSA) is 20.2 Å². The van der Waals surface area contributed by atoms with Gasteiger partial charge in [-0.15, -0.1) is 0 Å². The van der Waals surface area contributed by atoms with E-state index in [0.29, 0.717) is 0 Å². The number of aliphatic hydroxyl groups excluding tert-OH is 1. The Morgan fingerprint density at radius 2 is 1.82 bits per heavy atom. The summed E-state index contributed by atoms with van der Waals surface area (Å²) in [6.45, 7) is 2.24. The molecule has 0 radical (unpaired) electrons. The van der Waals surface area contributed by atoms with Crippen LogP contribution in [0, 0.1) is 0 Å². The molecule has 17 heavy (non-hydrogen) atoms. The number of hydrogen-bond donors (Lipinski definition) is 1. The second-order valence-corrected chi connectivity index (χ2v) is 5.45. The zero-order valence-corrected chi connectivity index (χ0v) is 11.6. The molecule has 0 saturated heterocycles. The number of unbranched alkanes of at least 4 members (excludes halogenated alkanes) is 4. The quantitative estimate of drug-likeness (QED) is 0.489.